The predicted molar refractivity (Wildman–Crippen MR) is 103 cm³/mol. The van der Waals surface area contributed by atoms with Crippen LogP contribution < -0.4 is 24.8 Å². The van der Waals surface area contributed by atoms with Gasteiger partial charge in [-0.25, -0.2) is 4.79 Å². The first-order valence-electron chi connectivity index (χ1n) is 8.44. The number of benzene rings is 2. The lowest BCUT2D eigenvalue weighted by molar-refractivity contribution is 0.255. The van der Waals surface area contributed by atoms with Gasteiger partial charge < -0.3 is 24.8 Å². The Morgan fingerprint density at radius 1 is 1.04 bits per heavy atom. The largest absolute Gasteiger partial charge is 0.497 e. The number of ether oxygens (including phenoxy) is 3. The molecule has 0 aliphatic rings. The fraction of sp³-hybridized carbons (Fsp3) is 0.250. The van der Waals surface area contributed by atoms with Crippen LogP contribution in [-0.2, 0) is 0 Å². The lowest BCUT2D eigenvalue weighted by Crippen LogP contribution is -2.23. The van der Waals surface area contributed by atoms with Gasteiger partial charge in [0.05, 0.1) is 20.3 Å². The minimum atomic E-state index is -0.351. The van der Waals surface area contributed by atoms with E-state index in [1.807, 2.05) is 38.1 Å². The van der Waals surface area contributed by atoms with Crippen LogP contribution >= 0.6 is 0 Å². The second kappa shape index (κ2) is 9.98. The molecule has 0 bridgehead atoms. The maximum absolute atomic E-state index is 12.0. The third-order valence-electron chi connectivity index (χ3n) is 3.39. The second-order valence-corrected chi connectivity index (χ2v) is 5.24. The fourth-order valence-corrected chi connectivity index (χ4v) is 2.25. The maximum atomic E-state index is 12.0. The summed E-state index contributed by atoms with van der Waals surface area (Å²) in [6.45, 7) is 4.86. The van der Waals surface area contributed by atoms with Gasteiger partial charge in [0.15, 0.2) is 11.5 Å². The van der Waals surface area contributed by atoms with E-state index in [9.17, 15) is 4.79 Å². The van der Waals surface area contributed by atoms with Crippen LogP contribution in [0.5, 0.6) is 17.2 Å². The lowest BCUT2D eigenvalue weighted by Gasteiger charge is -2.12. The number of rotatable bonds is 8. The van der Waals surface area contributed by atoms with Gasteiger partial charge in [-0.2, -0.15) is 0 Å². The number of hydrogen-bond donors (Lipinski definition) is 2. The molecule has 138 valence electrons. The Balaban J connectivity index is 1.96. The van der Waals surface area contributed by atoms with Gasteiger partial charge in [0.1, 0.15) is 5.75 Å². The van der Waals surface area contributed by atoms with Crippen molar-refractivity contribution in [2.24, 2.45) is 0 Å². The summed E-state index contributed by atoms with van der Waals surface area (Å²) >= 11 is 0. The van der Waals surface area contributed by atoms with E-state index < -0.39 is 0 Å². The molecule has 0 saturated carbocycles. The first-order valence-corrected chi connectivity index (χ1v) is 8.44. The molecule has 0 radical (unpaired) electrons. The summed E-state index contributed by atoms with van der Waals surface area (Å²) in [5, 5.41) is 5.42. The summed E-state index contributed by atoms with van der Waals surface area (Å²) in [7, 11) is 1.61. The topological polar surface area (TPSA) is 68.8 Å². The molecule has 0 spiro atoms. The van der Waals surface area contributed by atoms with Gasteiger partial charge >= 0.3 is 6.03 Å². The Bertz CT molecular complexity index is 759. The van der Waals surface area contributed by atoms with E-state index in [-0.39, 0.29) is 6.03 Å². The number of amides is 2. The van der Waals surface area contributed by atoms with Crippen molar-refractivity contribution in [3.63, 3.8) is 0 Å². The average molecular weight is 356 g/mol. The standard InChI is InChI=1S/C20H24N2O4/c1-4-25-18-10-9-16(14-19(18)26-5-2)22-20(23)21-12-11-15-7-6-8-17(13-15)24-3/h6-14H,4-5H2,1-3H3,(H2,21,22,23)/b12-11+. The number of nitrogens with one attached hydrogen (secondary N) is 2. The van der Waals surface area contributed by atoms with Gasteiger partial charge in [-0.1, -0.05) is 12.1 Å². The SMILES string of the molecule is CCOc1ccc(NC(=O)N/C=C/c2cccc(OC)c2)cc1OCC. The zero-order chi connectivity index (χ0) is 18.8. The van der Waals surface area contributed by atoms with Crippen LogP contribution in [0.4, 0.5) is 10.5 Å². The summed E-state index contributed by atoms with van der Waals surface area (Å²) < 4.78 is 16.2. The van der Waals surface area contributed by atoms with Gasteiger partial charge in [0.2, 0.25) is 0 Å². The molecule has 26 heavy (non-hydrogen) atoms. The summed E-state index contributed by atoms with van der Waals surface area (Å²) in [4.78, 5) is 12.0. The normalized spacial score (nSPS) is 10.4. The predicted octanol–water partition coefficient (Wildman–Crippen LogP) is 4.29. The van der Waals surface area contributed by atoms with E-state index in [4.69, 9.17) is 14.2 Å². The molecular formula is C20H24N2O4. The van der Waals surface area contributed by atoms with E-state index in [0.29, 0.717) is 30.4 Å². The van der Waals surface area contributed by atoms with Crippen molar-refractivity contribution in [2.75, 3.05) is 25.6 Å². The molecule has 0 saturated heterocycles. The van der Waals surface area contributed by atoms with Crippen LogP contribution in [0.1, 0.15) is 19.4 Å². The molecule has 0 heterocycles. The van der Waals surface area contributed by atoms with E-state index in [1.54, 1.807) is 37.6 Å². The van der Waals surface area contributed by atoms with Crippen molar-refractivity contribution in [3.8, 4) is 17.2 Å². The number of carbonyl (C=O) groups excluding carboxylic acids is 1. The number of carbonyl (C=O) groups is 1. The molecule has 2 N–H and O–H groups in total. The van der Waals surface area contributed by atoms with Gasteiger partial charge in [-0.3, -0.25) is 0 Å². The molecule has 0 aliphatic heterocycles. The molecule has 2 amide bonds. The molecule has 6 heteroatoms. The second-order valence-electron chi connectivity index (χ2n) is 5.24. The monoisotopic (exact) mass is 356 g/mol. The number of anilines is 1. The van der Waals surface area contributed by atoms with Crippen molar-refractivity contribution in [1.29, 1.82) is 0 Å². The van der Waals surface area contributed by atoms with Crippen LogP contribution in [0, 0.1) is 0 Å². The van der Waals surface area contributed by atoms with Crippen LogP contribution in [0.3, 0.4) is 0 Å². The zero-order valence-corrected chi connectivity index (χ0v) is 15.2. The smallest absolute Gasteiger partial charge is 0.323 e. The number of hydrogen-bond acceptors (Lipinski definition) is 4. The Morgan fingerprint density at radius 3 is 2.54 bits per heavy atom. The van der Waals surface area contributed by atoms with E-state index in [0.717, 1.165) is 11.3 Å². The number of urea groups is 1. The van der Waals surface area contributed by atoms with Crippen molar-refractivity contribution in [3.05, 3.63) is 54.2 Å². The summed E-state index contributed by atoms with van der Waals surface area (Å²) in [5.74, 6) is 2.01. The van der Waals surface area contributed by atoms with Crippen molar-refractivity contribution >= 4 is 17.8 Å². The molecule has 0 atom stereocenters. The molecule has 2 rings (SSSR count). The van der Waals surface area contributed by atoms with Crippen molar-refractivity contribution in [1.82, 2.24) is 5.32 Å². The molecule has 6 nitrogen and oxygen atoms in total. The van der Waals surface area contributed by atoms with E-state index in [2.05, 4.69) is 10.6 Å². The Hall–Kier alpha value is -3.15. The first-order chi connectivity index (χ1) is 12.7. The third-order valence-corrected chi connectivity index (χ3v) is 3.39. The minimum absolute atomic E-state index is 0.351. The zero-order valence-electron chi connectivity index (χ0n) is 15.2. The van der Waals surface area contributed by atoms with Gasteiger partial charge in [0.25, 0.3) is 0 Å². The molecule has 0 fully saturated rings. The summed E-state index contributed by atoms with van der Waals surface area (Å²) in [5.41, 5.74) is 1.54. The Kier molecular flexibility index (Phi) is 7.36. The van der Waals surface area contributed by atoms with Crippen molar-refractivity contribution < 1.29 is 19.0 Å². The molecule has 0 aliphatic carbocycles. The van der Waals surface area contributed by atoms with Gasteiger partial charge in [-0.15, -0.1) is 0 Å². The Morgan fingerprint density at radius 2 is 1.81 bits per heavy atom. The Labute approximate surface area is 153 Å². The van der Waals surface area contributed by atoms with Gasteiger partial charge in [0, 0.05) is 18.0 Å². The number of methoxy groups -OCH3 is 1. The quantitative estimate of drug-likeness (QED) is 0.740. The highest BCUT2D eigenvalue weighted by atomic mass is 16.5. The van der Waals surface area contributed by atoms with Crippen LogP contribution in [0.15, 0.2) is 48.7 Å². The molecule has 0 unspecified atom stereocenters. The fourth-order valence-electron chi connectivity index (χ4n) is 2.25. The van der Waals surface area contributed by atoms with Crippen LogP contribution in [-0.4, -0.2) is 26.4 Å². The molecular weight excluding hydrogens is 332 g/mol. The van der Waals surface area contributed by atoms with Crippen LogP contribution in [0.25, 0.3) is 6.08 Å². The average Bonchev–Trinajstić information content (AvgIpc) is 2.64. The lowest BCUT2D eigenvalue weighted by atomic mass is 10.2. The highest BCUT2D eigenvalue weighted by molar-refractivity contribution is 5.90. The summed E-state index contributed by atoms with van der Waals surface area (Å²) in [6, 6.07) is 12.5. The van der Waals surface area contributed by atoms with Gasteiger partial charge in [-0.05, 0) is 49.8 Å². The highest BCUT2D eigenvalue weighted by Crippen LogP contribution is 2.30. The summed E-state index contributed by atoms with van der Waals surface area (Å²) in [6.07, 6.45) is 3.36. The highest BCUT2D eigenvalue weighted by Gasteiger charge is 2.07. The molecule has 2 aromatic carbocycles. The van der Waals surface area contributed by atoms with E-state index in [1.165, 1.54) is 0 Å². The molecule has 0 aromatic heterocycles. The molecule has 2 aromatic rings. The minimum Gasteiger partial charge on any atom is -0.497 e. The van der Waals surface area contributed by atoms with Crippen LogP contribution in [0.2, 0.25) is 0 Å². The van der Waals surface area contributed by atoms with E-state index >= 15 is 0 Å². The third kappa shape index (κ3) is 5.73. The first kappa shape index (κ1) is 19.2. The van der Waals surface area contributed by atoms with Crippen molar-refractivity contribution in [2.45, 2.75) is 13.8 Å². The maximum Gasteiger partial charge on any atom is 0.323 e.